The Bertz CT molecular complexity index is 1330. The van der Waals surface area contributed by atoms with Gasteiger partial charge in [-0.1, -0.05) is 12.1 Å². The van der Waals surface area contributed by atoms with Gasteiger partial charge in [-0.25, -0.2) is 9.97 Å². The fourth-order valence-electron chi connectivity index (χ4n) is 4.31. The van der Waals surface area contributed by atoms with Crippen molar-refractivity contribution in [1.82, 2.24) is 33.8 Å². The zero-order valence-electron chi connectivity index (χ0n) is 18.3. The Morgan fingerprint density at radius 1 is 1.15 bits per heavy atom. The first-order chi connectivity index (χ1) is 15.9. The summed E-state index contributed by atoms with van der Waals surface area (Å²) in [6.07, 6.45) is 9.10. The number of fused-ring (bicyclic) bond motifs is 1. The number of benzene rings is 1. The Kier molecular flexibility index (Phi) is 5.29. The highest BCUT2D eigenvalue weighted by atomic mass is 16.3. The van der Waals surface area contributed by atoms with Crippen LogP contribution in [0.5, 0.6) is 0 Å². The average molecular weight is 447 g/mol. The van der Waals surface area contributed by atoms with Crippen LogP contribution in [0.4, 0.5) is 0 Å². The predicted octanol–water partition coefficient (Wildman–Crippen LogP) is 1.04. The lowest BCUT2D eigenvalue weighted by Crippen LogP contribution is -2.49. The maximum Gasteiger partial charge on any atom is 0.264 e. The highest BCUT2D eigenvalue weighted by Gasteiger charge is 2.35. The first kappa shape index (κ1) is 21.1. The molecule has 0 aliphatic carbocycles. The van der Waals surface area contributed by atoms with Crippen molar-refractivity contribution in [3.8, 4) is 0 Å². The summed E-state index contributed by atoms with van der Waals surface area (Å²) in [7, 11) is 1.73. The van der Waals surface area contributed by atoms with Gasteiger partial charge in [-0.15, -0.1) is 0 Å². The Labute approximate surface area is 189 Å². The fourth-order valence-corrected chi connectivity index (χ4v) is 4.31. The van der Waals surface area contributed by atoms with Crippen molar-refractivity contribution in [3.63, 3.8) is 0 Å². The summed E-state index contributed by atoms with van der Waals surface area (Å²) in [5, 5.41) is 15.6. The molecule has 1 N–H and O–H groups in total. The van der Waals surface area contributed by atoms with Gasteiger partial charge >= 0.3 is 0 Å². The quantitative estimate of drug-likeness (QED) is 0.489. The molecule has 1 saturated heterocycles. The third kappa shape index (κ3) is 4.17. The third-order valence-electron chi connectivity index (χ3n) is 6.29. The number of hydrogen-bond donors (Lipinski definition) is 1. The van der Waals surface area contributed by atoms with E-state index in [4.69, 9.17) is 0 Å². The highest BCUT2D eigenvalue weighted by molar-refractivity contribution is 5.94. The van der Waals surface area contributed by atoms with Gasteiger partial charge in [0, 0.05) is 44.6 Å². The maximum atomic E-state index is 13.0. The monoisotopic (exact) mass is 447 g/mol. The number of nitrogens with zero attached hydrogens (tertiary/aromatic N) is 7. The summed E-state index contributed by atoms with van der Waals surface area (Å²) in [5.74, 6) is -0.0538. The molecule has 10 heteroatoms. The number of amides is 1. The van der Waals surface area contributed by atoms with Crippen molar-refractivity contribution in [1.29, 1.82) is 0 Å². The Morgan fingerprint density at radius 2 is 1.91 bits per heavy atom. The van der Waals surface area contributed by atoms with Crippen molar-refractivity contribution in [2.75, 3.05) is 13.1 Å². The van der Waals surface area contributed by atoms with Gasteiger partial charge in [0.2, 0.25) is 0 Å². The van der Waals surface area contributed by atoms with E-state index in [1.165, 1.54) is 17.1 Å². The van der Waals surface area contributed by atoms with Crippen LogP contribution in [-0.4, -0.2) is 63.5 Å². The minimum absolute atomic E-state index is 0.0538. The fraction of sp³-hybridized carbons (Fsp3) is 0.348. The molecule has 1 amide bonds. The molecule has 0 atom stereocenters. The van der Waals surface area contributed by atoms with Crippen molar-refractivity contribution in [2.45, 2.75) is 31.5 Å². The van der Waals surface area contributed by atoms with Crippen LogP contribution in [0.3, 0.4) is 0 Å². The smallest absolute Gasteiger partial charge is 0.264 e. The van der Waals surface area contributed by atoms with Gasteiger partial charge < -0.3 is 14.6 Å². The second-order valence-corrected chi connectivity index (χ2v) is 8.63. The van der Waals surface area contributed by atoms with Gasteiger partial charge in [-0.05, 0) is 30.5 Å². The number of aryl methyl sites for hydroxylation is 1. The van der Waals surface area contributed by atoms with Gasteiger partial charge in [0.1, 0.15) is 11.7 Å². The third-order valence-corrected chi connectivity index (χ3v) is 6.29. The minimum Gasteiger partial charge on any atom is -0.388 e. The Morgan fingerprint density at radius 3 is 2.61 bits per heavy atom. The van der Waals surface area contributed by atoms with Crippen molar-refractivity contribution in [3.05, 3.63) is 77.0 Å². The Hall–Kier alpha value is -3.79. The number of carbonyl (C=O) groups is 1. The van der Waals surface area contributed by atoms with Gasteiger partial charge in [0.15, 0.2) is 5.65 Å². The van der Waals surface area contributed by atoms with E-state index < -0.39 is 5.60 Å². The largest absolute Gasteiger partial charge is 0.388 e. The number of imidazole rings is 1. The van der Waals surface area contributed by atoms with E-state index in [1.54, 1.807) is 29.2 Å². The van der Waals surface area contributed by atoms with E-state index in [9.17, 15) is 14.7 Å². The standard InChI is InChI=1S/C23H25N7O3/c1-27-20-19(12-26-27)22(32)30(16-25-20)14-23(33)6-9-29(10-7-23)21(31)18-4-2-17(3-5-18)13-28-11-8-24-15-28/h2-5,8,11-12,15-16,33H,6-7,9-10,13-14H2,1H3. The van der Waals surface area contributed by atoms with Crippen LogP contribution in [0.15, 0.2) is 60.3 Å². The van der Waals surface area contributed by atoms with E-state index >= 15 is 0 Å². The van der Waals surface area contributed by atoms with Gasteiger partial charge in [-0.2, -0.15) is 5.10 Å². The molecule has 0 bridgehead atoms. The van der Waals surface area contributed by atoms with Crippen LogP contribution >= 0.6 is 0 Å². The summed E-state index contributed by atoms with van der Waals surface area (Å²) in [6, 6.07) is 7.57. The maximum absolute atomic E-state index is 13.0. The van der Waals surface area contributed by atoms with Gasteiger partial charge in [0.05, 0.1) is 24.7 Å². The first-order valence-corrected chi connectivity index (χ1v) is 10.9. The number of piperidine rings is 1. The van der Waals surface area contributed by atoms with E-state index in [0.29, 0.717) is 49.1 Å². The van der Waals surface area contributed by atoms with Crippen molar-refractivity contribution < 1.29 is 9.90 Å². The zero-order valence-corrected chi connectivity index (χ0v) is 18.3. The average Bonchev–Trinajstić information content (AvgIpc) is 3.46. The number of carbonyl (C=O) groups excluding carboxylic acids is 1. The minimum atomic E-state index is -1.08. The molecule has 0 saturated carbocycles. The lowest BCUT2D eigenvalue weighted by Gasteiger charge is -2.38. The molecule has 0 spiro atoms. The molecule has 0 radical (unpaired) electrons. The number of aliphatic hydroxyl groups is 1. The molecule has 1 aliphatic heterocycles. The molecule has 1 aliphatic rings. The van der Waals surface area contributed by atoms with Gasteiger partial charge in [0.25, 0.3) is 11.5 Å². The molecular formula is C23H25N7O3. The van der Waals surface area contributed by atoms with E-state index in [1.807, 2.05) is 35.0 Å². The second kappa shape index (κ2) is 8.28. The molecule has 3 aromatic heterocycles. The van der Waals surface area contributed by atoms with Crippen molar-refractivity contribution >= 4 is 16.9 Å². The first-order valence-electron chi connectivity index (χ1n) is 10.9. The summed E-state index contributed by atoms with van der Waals surface area (Å²) < 4.78 is 4.94. The van der Waals surface area contributed by atoms with Crippen LogP contribution < -0.4 is 5.56 Å². The predicted molar refractivity (Wildman–Crippen MR) is 121 cm³/mol. The highest BCUT2D eigenvalue weighted by Crippen LogP contribution is 2.25. The number of hydrogen-bond acceptors (Lipinski definition) is 6. The molecule has 10 nitrogen and oxygen atoms in total. The molecule has 4 aromatic rings. The Balaban J connectivity index is 1.22. The summed E-state index contributed by atoms with van der Waals surface area (Å²) >= 11 is 0. The summed E-state index contributed by atoms with van der Waals surface area (Å²) in [5.41, 5.74) is 0.919. The van der Waals surface area contributed by atoms with Crippen LogP contribution in [0, 0.1) is 0 Å². The van der Waals surface area contributed by atoms with E-state index in [2.05, 4.69) is 15.1 Å². The van der Waals surface area contributed by atoms with Crippen LogP contribution in [0.1, 0.15) is 28.8 Å². The summed E-state index contributed by atoms with van der Waals surface area (Å²) in [6.45, 7) is 1.67. The molecule has 4 heterocycles. The molecule has 0 unspecified atom stereocenters. The topological polar surface area (TPSA) is 111 Å². The number of likely N-dealkylation sites (tertiary alicyclic amines) is 1. The lowest BCUT2D eigenvalue weighted by atomic mass is 9.91. The molecule has 170 valence electrons. The second-order valence-electron chi connectivity index (χ2n) is 8.63. The number of aromatic nitrogens is 6. The molecular weight excluding hydrogens is 422 g/mol. The normalized spacial score (nSPS) is 15.8. The van der Waals surface area contributed by atoms with E-state index in [0.717, 1.165) is 5.56 Å². The van der Waals surface area contributed by atoms with E-state index in [-0.39, 0.29) is 18.0 Å². The van der Waals surface area contributed by atoms with Crippen LogP contribution in [0.25, 0.3) is 11.0 Å². The van der Waals surface area contributed by atoms with Crippen LogP contribution in [-0.2, 0) is 20.1 Å². The lowest BCUT2D eigenvalue weighted by molar-refractivity contribution is -0.0299. The molecule has 33 heavy (non-hydrogen) atoms. The molecule has 1 fully saturated rings. The van der Waals surface area contributed by atoms with Crippen molar-refractivity contribution in [2.24, 2.45) is 7.05 Å². The van der Waals surface area contributed by atoms with Gasteiger partial charge in [-0.3, -0.25) is 18.8 Å². The SMILES string of the molecule is Cn1ncc2c(=O)n(CC3(O)CCN(C(=O)c4ccc(Cn5ccnc5)cc4)CC3)cnc21. The van der Waals surface area contributed by atoms with Crippen LogP contribution in [0.2, 0.25) is 0 Å². The number of rotatable bonds is 5. The summed E-state index contributed by atoms with van der Waals surface area (Å²) in [4.78, 5) is 35.8. The zero-order chi connectivity index (χ0) is 23.0. The molecule has 5 rings (SSSR count). The molecule has 1 aromatic carbocycles.